The van der Waals surface area contributed by atoms with Gasteiger partial charge in [-0.3, -0.25) is 9.59 Å². The number of Topliss-reactive ketones (excluding diaryl/α,β-unsaturated/α-hetero) is 1. The second kappa shape index (κ2) is 7.57. The molecule has 5 fully saturated rings. The highest BCUT2D eigenvalue weighted by atomic mass is 16.5. The molecule has 2 unspecified atom stereocenters. The smallest absolute Gasteiger partial charge is 0.310 e. The van der Waals surface area contributed by atoms with Gasteiger partial charge in [-0.05, 0) is 78.4 Å². The topological polar surface area (TPSA) is 43.4 Å². The zero-order valence-corrected chi connectivity index (χ0v) is 22.8. The molecule has 192 valence electrons. The van der Waals surface area contributed by atoms with Gasteiger partial charge in [0.2, 0.25) is 0 Å². The summed E-state index contributed by atoms with van der Waals surface area (Å²) in [6, 6.07) is 0. The Labute approximate surface area is 212 Å². The van der Waals surface area contributed by atoms with Gasteiger partial charge in [0.15, 0.2) is 0 Å². The normalized spacial score (nSPS) is 51.7. The number of carbonyl (C=O) groups excluding carboxylic acids is 2. The number of esters is 1. The number of ether oxygens (including phenoxy) is 1. The van der Waals surface area contributed by atoms with Crippen molar-refractivity contribution >= 4 is 11.8 Å². The van der Waals surface area contributed by atoms with E-state index in [0.717, 1.165) is 6.42 Å². The van der Waals surface area contributed by atoms with Crippen LogP contribution in [0.4, 0.5) is 0 Å². The molecule has 0 N–H and O–H groups in total. The number of rotatable bonds is 4. The van der Waals surface area contributed by atoms with Crippen molar-refractivity contribution in [2.45, 2.75) is 86.5 Å². The molecule has 0 amide bonds. The first-order valence-corrected chi connectivity index (χ1v) is 14.6. The Bertz CT molecular complexity index is 993. The van der Waals surface area contributed by atoms with Crippen molar-refractivity contribution in [3.63, 3.8) is 0 Å². The summed E-state index contributed by atoms with van der Waals surface area (Å²) in [6.45, 7) is 15.0. The molecule has 1 aliphatic heterocycles. The van der Waals surface area contributed by atoms with E-state index >= 15 is 0 Å². The summed E-state index contributed by atoms with van der Waals surface area (Å²) in [5, 5.41) is 0. The van der Waals surface area contributed by atoms with E-state index in [1.165, 1.54) is 25.7 Å². The van der Waals surface area contributed by atoms with Crippen molar-refractivity contribution in [1.29, 1.82) is 0 Å². The Hall–Kier alpha value is -1.38. The molecule has 1 saturated heterocycles. The molecule has 2 bridgehead atoms. The van der Waals surface area contributed by atoms with Crippen molar-refractivity contribution in [2.24, 2.45) is 69.0 Å². The number of cyclic esters (lactones) is 1. The molecule has 2 spiro atoms. The standard InChI is InChI=1S/C32H46O3/c1-19(2)20(3)7-8-21(4)23-9-10-25-29(23,5)13-12-26-30(6)14-11-22(33)17-31(30)15-16-32(25,26)27-24(31)18-35-28(27)34/h7-8,15-16,19-21,23-27H,9-14,17-18H2,1-6H3/t20-,21+,23+,24?,25+,26+,27?,29+,30+,31-,32-/m0/s1. The highest BCUT2D eigenvalue weighted by Crippen LogP contribution is 2.81. The van der Waals surface area contributed by atoms with Crippen molar-refractivity contribution in [2.75, 3.05) is 6.61 Å². The van der Waals surface area contributed by atoms with Crippen LogP contribution in [0.3, 0.4) is 0 Å². The molecule has 0 aromatic carbocycles. The number of fused-ring (bicyclic) bond motifs is 1. The van der Waals surface area contributed by atoms with Gasteiger partial charge < -0.3 is 4.74 Å². The van der Waals surface area contributed by atoms with Crippen molar-refractivity contribution in [3.05, 3.63) is 24.3 Å². The van der Waals surface area contributed by atoms with Gasteiger partial charge in [0.25, 0.3) is 0 Å². The van der Waals surface area contributed by atoms with E-state index in [9.17, 15) is 9.59 Å². The van der Waals surface area contributed by atoms with Crippen LogP contribution in [0.15, 0.2) is 24.3 Å². The van der Waals surface area contributed by atoms with Gasteiger partial charge in [-0.15, -0.1) is 0 Å². The fourth-order valence-electron chi connectivity index (χ4n) is 11.1. The van der Waals surface area contributed by atoms with E-state index in [1.807, 2.05) is 0 Å². The van der Waals surface area contributed by atoms with Crippen LogP contribution < -0.4 is 0 Å². The summed E-state index contributed by atoms with van der Waals surface area (Å²) in [4.78, 5) is 26.3. The highest BCUT2D eigenvalue weighted by molar-refractivity contribution is 5.83. The summed E-state index contributed by atoms with van der Waals surface area (Å²) in [5.41, 5.74) is 0.0750. The molecular formula is C32H46O3. The molecule has 0 radical (unpaired) electrons. The lowest BCUT2D eigenvalue weighted by molar-refractivity contribution is -0.231. The maximum atomic E-state index is 13.5. The summed E-state index contributed by atoms with van der Waals surface area (Å²) in [6.07, 6.45) is 17.2. The lowest BCUT2D eigenvalue weighted by Gasteiger charge is -2.74. The van der Waals surface area contributed by atoms with Crippen molar-refractivity contribution in [3.8, 4) is 0 Å². The zero-order chi connectivity index (χ0) is 25.0. The molecule has 1 heterocycles. The second-order valence-electron chi connectivity index (χ2n) is 14.4. The minimum atomic E-state index is -0.180. The van der Waals surface area contributed by atoms with Gasteiger partial charge in [-0.25, -0.2) is 0 Å². The Kier molecular flexibility index (Phi) is 5.19. The molecule has 6 aliphatic carbocycles. The molecule has 7 aliphatic rings. The molecule has 0 aromatic heterocycles. The monoisotopic (exact) mass is 478 g/mol. The Morgan fingerprint density at radius 2 is 1.74 bits per heavy atom. The number of hydrogen-bond acceptors (Lipinski definition) is 3. The molecule has 35 heavy (non-hydrogen) atoms. The molecule has 0 aromatic rings. The third-order valence-electron chi connectivity index (χ3n) is 13.2. The lowest BCUT2D eigenvalue weighted by Crippen LogP contribution is -2.71. The predicted molar refractivity (Wildman–Crippen MR) is 138 cm³/mol. The van der Waals surface area contributed by atoms with E-state index in [1.54, 1.807) is 0 Å². The fraction of sp³-hybridized carbons (Fsp3) is 0.812. The van der Waals surface area contributed by atoms with E-state index in [2.05, 4.69) is 65.8 Å². The minimum Gasteiger partial charge on any atom is -0.465 e. The van der Waals surface area contributed by atoms with Crippen LogP contribution in [0.5, 0.6) is 0 Å². The van der Waals surface area contributed by atoms with Gasteiger partial charge in [0.05, 0.1) is 12.5 Å². The molecule has 3 nitrogen and oxygen atoms in total. The van der Waals surface area contributed by atoms with Gasteiger partial charge in [-0.2, -0.15) is 0 Å². The van der Waals surface area contributed by atoms with Crippen LogP contribution in [-0.2, 0) is 14.3 Å². The van der Waals surface area contributed by atoms with Crippen LogP contribution in [0.2, 0.25) is 0 Å². The predicted octanol–water partition coefficient (Wildman–Crippen LogP) is 7.02. The third kappa shape index (κ3) is 2.79. The van der Waals surface area contributed by atoms with Gasteiger partial charge in [0.1, 0.15) is 5.78 Å². The van der Waals surface area contributed by atoms with E-state index in [4.69, 9.17) is 4.74 Å². The summed E-state index contributed by atoms with van der Waals surface area (Å²) < 4.78 is 5.89. The second-order valence-corrected chi connectivity index (χ2v) is 14.4. The number of ketones is 1. The Morgan fingerprint density at radius 1 is 0.971 bits per heavy atom. The average molecular weight is 479 g/mol. The van der Waals surface area contributed by atoms with Gasteiger partial charge >= 0.3 is 5.97 Å². The van der Waals surface area contributed by atoms with Crippen LogP contribution in [0.25, 0.3) is 0 Å². The Morgan fingerprint density at radius 3 is 2.49 bits per heavy atom. The van der Waals surface area contributed by atoms with Gasteiger partial charge in [0, 0.05) is 29.6 Å². The molecule has 4 saturated carbocycles. The van der Waals surface area contributed by atoms with Crippen LogP contribution in [0, 0.1) is 69.0 Å². The van der Waals surface area contributed by atoms with E-state index < -0.39 is 0 Å². The van der Waals surface area contributed by atoms with Crippen LogP contribution in [-0.4, -0.2) is 18.4 Å². The summed E-state index contributed by atoms with van der Waals surface area (Å²) >= 11 is 0. The van der Waals surface area contributed by atoms with E-state index in [0.29, 0.717) is 60.7 Å². The molecular weight excluding hydrogens is 432 g/mol. The SMILES string of the molecule is CC(C)[C@@H](C)C=C[C@@H](C)[C@H]1CC[C@@H]2[C@]1(C)CC[C@H]1[C@]23C=C[C@]2(CC(=O)CC[C@]12C)C1COC(=O)C13. The molecule has 7 rings (SSSR count). The largest absolute Gasteiger partial charge is 0.465 e. The molecule has 11 atom stereocenters. The first-order chi connectivity index (χ1) is 16.5. The zero-order valence-electron chi connectivity index (χ0n) is 22.8. The van der Waals surface area contributed by atoms with Crippen LogP contribution in [0.1, 0.15) is 86.5 Å². The summed E-state index contributed by atoms with van der Waals surface area (Å²) in [7, 11) is 0. The third-order valence-corrected chi connectivity index (χ3v) is 13.2. The maximum Gasteiger partial charge on any atom is 0.310 e. The Balaban J connectivity index is 1.42. The quantitative estimate of drug-likeness (QED) is 0.322. The fourth-order valence-corrected chi connectivity index (χ4v) is 11.1. The number of allylic oxidation sites excluding steroid dienone is 4. The van der Waals surface area contributed by atoms with Gasteiger partial charge in [-0.1, -0.05) is 65.8 Å². The maximum absolute atomic E-state index is 13.5. The summed E-state index contributed by atoms with van der Waals surface area (Å²) in [5.74, 6) is 4.06. The first kappa shape index (κ1) is 24.0. The average Bonchev–Trinajstić information content (AvgIpc) is 3.39. The van der Waals surface area contributed by atoms with Crippen molar-refractivity contribution < 1.29 is 14.3 Å². The molecule has 3 heteroatoms. The minimum absolute atomic E-state index is 0.0372. The highest BCUT2D eigenvalue weighted by Gasteiger charge is 2.79. The number of hydrogen-bond donors (Lipinski definition) is 0. The lowest BCUT2D eigenvalue weighted by atomic mass is 9.28. The number of carbonyl (C=O) groups is 2. The van der Waals surface area contributed by atoms with E-state index in [-0.39, 0.29) is 39.5 Å². The first-order valence-electron chi connectivity index (χ1n) is 14.6. The van der Waals surface area contributed by atoms with Crippen molar-refractivity contribution in [1.82, 2.24) is 0 Å². The van der Waals surface area contributed by atoms with Crippen LogP contribution >= 0.6 is 0 Å².